The van der Waals surface area contributed by atoms with Crippen molar-refractivity contribution in [2.45, 2.75) is 12.8 Å². The monoisotopic (exact) mass is 466 g/mol. The number of fused-ring (bicyclic) bond motifs is 1. The molecule has 168 valence electrons. The van der Waals surface area contributed by atoms with Gasteiger partial charge in [0.15, 0.2) is 5.65 Å². The molecule has 4 rings (SSSR count). The number of hydrogen-bond acceptors (Lipinski definition) is 6. The minimum atomic E-state index is -0.298. The maximum absolute atomic E-state index is 11.7. The van der Waals surface area contributed by atoms with Crippen LogP contribution in [0.5, 0.6) is 0 Å². The van der Waals surface area contributed by atoms with Crippen LogP contribution in [0.15, 0.2) is 41.3 Å². The van der Waals surface area contributed by atoms with Crippen molar-refractivity contribution in [1.82, 2.24) is 19.5 Å². The fraction of sp³-hybridized carbons (Fsp3) is 0.429. The fourth-order valence-corrected chi connectivity index (χ4v) is 3.85. The van der Waals surface area contributed by atoms with Crippen molar-refractivity contribution < 1.29 is 4.74 Å². The Labute approximate surface area is 192 Å². The van der Waals surface area contributed by atoms with Crippen molar-refractivity contribution in [3.8, 4) is 0 Å². The molecular weight excluding hydrogens is 439 g/mol. The first-order valence-electron chi connectivity index (χ1n) is 10.3. The van der Waals surface area contributed by atoms with Crippen molar-refractivity contribution in [2.24, 2.45) is 0 Å². The number of anilines is 2. The number of aromatic nitrogens is 3. The quantitative estimate of drug-likeness (QED) is 0.420. The van der Waals surface area contributed by atoms with Crippen LogP contribution in [0.1, 0.15) is 12.0 Å². The number of halogens is 2. The van der Waals surface area contributed by atoms with Crippen LogP contribution in [0.3, 0.4) is 0 Å². The Hall–Kier alpha value is -2.26. The third-order valence-corrected chi connectivity index (χ3v) is 5.43. The molecule has 0 unspecified atom stereocenters. The van der Waals surface area contributed by atoms with E-state index in [1.807, 2.05) is 0 Å². The molecule has 3 aromatic rings. The number of aromatic amines is 1. The van der Waals surface area contributed by atoms with E-state index in [1.54, 1.807) is 12.3 Å². The Morgan fingerprint density at radius 2 is 2.00 bits per heavy atom. The van der Waals surface area contributed by atoms with E-state index in [4.69, 9.17) is 16.3 Å². The summed E-state index contributed by atoms with van der Waals surface area (Å²) in [5, 5.41) is 13.9. The van der Waals surface area contributed by atoms with Crippen molar-refractivity contribution in [3.63, 3.8) is 0 Å². The average Bonchev–Trinajstić information content (AvgIpc) is 3.13. The largest absolute Gasteiger partial charge is 0.384 e. The molecule has 0 radical (unpaired) electrons. The summed E-state index contributed by atoms with van der Waals surface area (Å²) in [6, 6.07) is 10.4. The molecular formula is C21H28Cl2N6O2. The van der Waals surface area contributed by atoms with Crippen LogP contribution in [-0.4, -0.2) is 65.4 Å². The lowest BCUT2D eigenvalue weighted by Crippen LogP contribution is -2.39. The summed E-state index contributed by atoms with van der Waals surface area (Å²) in [5.41, 5.74) is 3.45. The van der Waals surface area contributed by atoms with Crippen molar-refractivity contribution in [3.05, 3.63) is 57.6 Å². The van der Waals surface area contributed by atoms with E-state index in [9.17, 15) is 4.79 Å². The van der Waals surface area contributed by atoms with Gasteiger partial charge in [-0.05, 0) is 36.6 Å². The molecule has 1 aromatic carbocycles. The van der Waals surface area contributed by atoms with Crippen LogP contribution in [0.2, 0.25) is 5.02 Å². The van der Waals surface area contributed by atoms with Gasteiger partial charge in [0.2, 0.25) is 0 Å². The summed E-state index contributed by atoms with van der Waals surface area (Å²) < 4.78 is 6.80. The highest BCUT2D eigenvalue weighted by molar-refractivity contribution is 6.30. The first kappa shape index (κ1) is 23.4. The van der Waals surface area contributed by atoms with E-state index in [-0.39, 0.29) is 18.1 Å². The number of hydrogen-bond donors (Lipinski definition) is 3. The Kier molecular flexibility index (Phi) is 8.60. The van der Waals surface area contributed by atoms with Crippen LogP contribution < -0.4 is 16.3 Å². The number of nitrogens with one attached hydrogen (secondary N) is 3. The van der Waals surface area contributed by atoms with E-state index in [0.717, 1.165) is 70.2 Å². The topological polar surface area (TPSA) is 86.7 Å². The zero-order valence-corrected chi connectivity index (χ0v) is 18.8. The van der Waals surface area contributed by atoms with Gasteiger partial charge in [0.1, 0.15) is 0 Å². The molecule has 0 saturated carbocycles. The first-order chi connectivity index (χ1) is 14.7. The second-order valence-electron chi connectivity index (χ2n) is 7.41. The molecule has 1 saturated heterocycles. The Balaban J connectivity index is 0.00000272. The number of ether oxygens (including phenoxy) is 1. The molecule has 10 heteroatoms. The predicted octanol–water partition coefficient (Wildman–Crippen LogP) is 2.89. The van der Waals surface area contributed by atoms with Crippen LogP contribution in [-0.2, 0) is 11.2 Å². The van der Waals surface area contributed by atoms with Crippen molar-refractivity contribution in [2.75, 3.05) is 56.6 Å². The van der Waals surface area contributed by atoms with Crippen molar-refractivity contribution >= 4 is 41.0 Å². The van der Waals surface area contributed by atoms with Gasteiger partial charge in [0.05, 0.1) is 23.9 Å². The number of aryl methyl sites for hydroxylation is 1. The lowest BCUT2D eigenvalue weighted by Gasteiger charge is -2.26. The van der Waals surface area contributed by atoms with E-state index in [1.165, 1.54) is 9.96 Å². The lowest BCUT2D eigenvalue weighted by atomic mass is 10.1. The van der Waals surface area contributed by atoms with Gasteiger partial charge in [-0.25, -0.2) is 14.3 Å². The summed E-state index contributed by atoms with van der Waals surface area (Å²) in [7, 11) is 0. The zero-order valence-electron chi connectivity index (χ0n) is 17.3. The van der Waals surface area contributed by atoms with Gasteiger partial charge in [-0.2, -0.15) is 5.10 Å². The average molecular weight is 467 g/mol. The molecule has 1 aliphatic heterocycles. The smallest absolute Gasteiger partial charge is 0.347 e. The summed E-state index contributed by atoms with van der Waals surface area (Å²) >= 11 is 6.11. The molecule has 0 aliphatic carbocycles. The second kappa shape index (κ2) is 11.4. The first-order valence-corrected chi connectivity index (χ1v) is 10.7. The maximum Gasteiger partial charge on any atom is 0.347 e. The van der Waals surface area contributed by atoms with E-state index in [2.05, 4.69) is 50.0 Å². The number of morpholine rings is 1. The van der Waals surface area contributed by atoms with Gasteiger partial charge in [-0.3, -0.25) is 4.90 Å². The summed E-state index contributed by atoms with van der Waals surface area (Å²) in [4.78, 5) is 14.2. The number of rotatable bonds is 9. The SMILES string of the molecule is Cl.O=c1[nH]nc2c(NCCCc3cccc(NCCN4CCOCC4)c3)cc(Cl)cn12. The Bertz CT molecular complexity index is 1030. The summed E-state index contributed by atoms with van der Waals surface area (Å²) in [6.07, 6.45) is 3.46. The van der Waals surface area contributed by atoms with Gasteiger partial charge >= 0.3 is 5.69 Å². The fourth-order valence-electron chi connectivity index (χ4n) is 3.64. The van der Waals surface area contributed by atoms with Crippen LogP contribution in [0.25, 0.3) is 5.65 Å². The van der Waals surface area contributed by atoms with E-state index < -0.39 is 0 Å². The van der Waals surface area contributed by atoms with Crippen molar-refractivity contribution in [1.29, 1.82) is 0 Å². The van der Waals surface area contributed by atoms with E-state index >= 15 is 0 Å². The molecule has 0 spiro atoms. The third-order valence-electron chi connectivity index (χ3n) is 5.23. The number of pyridine rings is 1. The molecule has 0 amide bonds. The number of H-pyrrole nitrogens is 1. The molecule has 0 atom stereocenters. The molecule has 1 aliphatic rings. The molecule has 1 fully saturated rings. The molecule has 31 heavy (non-hydrogen) atoms. The normalized spacial score (nSPS) is 14.4. The Morgan fingerprint density at radius 3 is 2.84 bits per heavy atom. The lowest BCUT2D eigenvalue weighted by molar-refractivity contribution is 0.0398. The molecule has 8 nitrogen and oxygen atoms in total. The standard InChI is InChI=1S/C21H27ClN6O2.ClH/c22-17-14-19(20-25-26-21(29)28(20)15-17)24-6-2-4-16-3-1-5-18(13-16)23-7-8-27-9-11-30-12-10-27;/h1,3,5,13-15,23-24H,2,4,6-12H2,(H,26,29);1H. The molecule has 3 heterocycles. The number of nitrogens with zero attached hydrogens (tertiary/aromatic N) is 3. The van der Waals surface area contributed by atoms with Gasteiger partial charge in [0, 0.05) is 44.6 Å². The highest BCUT2D eigenvalue weighted by Crippen LogP contribution is 2.19. The number of benzene rings is 1. The van der Waals surface area contributed by atoms with E-state index in [0.29, 0.717) is 10.7 Å². The van der Waals surface area contributed by atoms with Crippen LogP contribution in [0, 0.1) is 0 Å². The molecule has 3 N–H and O–H groups in total. The molecule has 0 bridgehead atoms. The van der Waals surface area contributed by atoms with Gasteiger partial charge in [-0.1, -0.05) is 23.7 Å². The van der Waals surface area contributed by atoms with Crippen LogP contribution in [0.4, 0.5) is 11.4 Å². The minimum Gasteiger partial charge on any atom is -0.384 e. The van der Waals surface area contributed by atoms with Gasteiger partial charge in [-0.15, -0.1) is 12.4 Å². The van der Waals surface area contributed by atoms with Gasteiger partial charge in [0.25, 0.3) is 0 Å². The summed E-state index contributed by atoms with van der Waals surface area (Å²) in [5.74, 6) is 0. The maximum atomic E-state index is 11.7. The highest BCUT2D eigenvalue weighted by Gasteiger charge is 2.09. The second-order valence-corrected chi connectivity index (χ2v) is 7.84. The van der Waals surface area contributed by atoms with Gasteiger partial charge < -0.3 is 15.4 Å². The Morgan fingerprint density at radius 1 is 1.16 bits per heavy atom. The predicted molar refractivity (Wildman–Crippen MR) is 127 cm³/mol. The highest BCUT2D eigenvalue weighted by atomic mass is 35.5. The summed E-state index contributed by atoms with van der Waals surface area (Å²) in [6.45, 7) is 6.41. The zero-order chi connectivity index (χ0) is 20.8. The minimum absolute atomic E-state index is 0. The van der Waals surface area contributed by atoms with Crippen LogP contribution >= 0.6 is 24.0 Å². The third kappa shape index (κ3) is 6.36. The molecule has 2 aromatic heterocycles.